The molecule has 0 saturated carbocycles. The summed E-state index contributed by atoms with van der Waals surface area (Å²) in [5.74, 6) is 0. The minimum atomic E-state index is -3.31. The zero-order chi connectivity index (χ0) is 17.0. The third kappa shape index (κ3) is 4.82. The van der Waals surface area contributed by atoms with Crippen molar-refractivity contribution in [2.45, 2.75) is 25.3 Å². The van der Waals surface area contributed by atoms with E-state index in [1.54, 1.807) is 6.07 Å². The summed E-state index contributed by atoms with van der Waals surface area (Å²) in [6, 6.07) is 12.2. The summed E-state index contributed by atoms with van der Waals surface area (Å²) in [4.78, 5) is 12.2. The quantitative estimate of drug-likeness (QED) is 0.903. The van der Waals surface area contributed by atoms with E-state index in [-0.39, 0.29) is 10.9 Å². The van der Waals surface area contributed by atoms with Crippen molar-refractivity contribution >= 4 is 21.6 Å². The van der Waals surface area contributed by atoms with Gasteiger partial charge in [-0.25, -0.2) is 13.2 Å². The largest absolute Gasteiger partial charge is 0.334 e. The number of aryl methyl sites for hydroxylation is 2. The summed E-state index contributed by atoms with van der Waals surface area (Å²) in [7, 11) is -3.31. The molecule has 0 fully saturated rings. The first-order chi connectivity index (χ1) is 10.8. The standard InChI is InChI=1S/C17H20N2O3S/c1-12-4-7-14(8-5-12)11-18-17(20)19-16-10-15(23(3,21)22)9-6-13(16)2/h4-10H,11H2,1-3H3,(H2,18,19,20). The van der Waals surface area contributed by atoms with Gasteiger partial charge in [0.2, 0.25) is 0 Å². The number of hydrogen-bond donors (Lipinski definition) is 2. The first-order valence-electron chi connectivity index (χ1n) is 7.17. The molecule has 0 aliphatic heterocycles. The fourth-order valence-corrected chi connectivity index (χ4v) is 2.67. The predicted octanol–water partition coefficient (Wildman–Crippen LogP) is 3.03. The van der Waals surface area contributed by atoms with E-state index in [0.29, 0.717) is 12.2 Å². The summed E-state index contributed by atoms with van der Waals surface area (Å²) in [6.45, 7) is 4.21. The molecule has 0 bridgehead atoms. The van der Waals surface area contributed by atoms with Gasteiger partial charge in [0.15, 0.2) is 9.84 Å². The molecule has 0 radical (unpaired) electrons. The fourth-order valence-electron chi connectivity index (χ4n) is 2.02. The van der Waals surface area contributed by atoms with Crippen LogP contribution in [0.4, 0.5) is 10.5 Å². The van der Waals surface area contributed by atoms with Crippen molar-refractivity contribution in [2.75, 3.05) is 11.6 Å². The number of hydrogen-bond acceptors (Lipinski definition) is 3. The average Bonchev–Trinajstić information content (AvgIpc) is 2.48. The summed E-state index contributed by atoms with van der Waals surface area (Å²) in [6.07, 6.45) is 1.14. The van der Waals surface area contributed by atoms with Gasteiger partial charge in [-0.2, -0.15) is 0 Å². The van der Waals surface area contributed by atoms with Gasteiger partial charge in [0.1, 0.15) is 0 Å². The van der Waals surface area contributed by atoms with Crippen molar-refractivity contribution in [3.8, 4) is 0 Å². The van der Waals surface area contributed by atoms with Gasteiger partial charge in [-0.3, -0.25) is 0 Å². The van der Waals surface area contributed by atoms with Crippen molar-refractivity contribution in [3.63, 3.8) is 0 Å². The number of benzene rings is 2. The highest BCUT2D eigenvalue weighted by atomic mass is 32.2. The van der Waals surface area contributed by atoms with Crippen molar-refractivity contribution in [3.05, 3.63) is 59.2 Å². The van der Waals surface area contributed by atoms with Crippen LogP contribution < -0.4 is 10.6 Å². The number of rotatable bonds is 4. The lowest BCUT2D eigenvalue weighted by Crippen LogP contribution is -2.28. The lowest BCUT2D eigenvalue weighted by Gasteiger charge is -2.11. The molecule has 0 unspecified atom stereocenters. The highest BCUT2D eigenvalue weighted by Gasteiger charge is 2.11. The summed E-state index contributed by atoms with van der Waals surface area (Å²) in [5, 5.41) is 5.44. The van der Waals surface area contributed by atoms with Crippen LogP contribution in [0.1, 0.15) is 16.7 Å². The van der Waals surface area contributed by atoms with Crippen LogP contribution in [0.15, 0.2) is 47.4 Å². The van der Waals surface area contributed by atoms with E-state index in [4.69, 9.17) is 0 Å². The first kappa shape index (κ1) is 17.0. The van der Waals surface area contributed by atoms with E-state index in [1.807, 2.05) is 38.1 Å². The van der Waals surface area contributed by atoms with Gasteiger partial charge in [-0.05, 0) is 37.1 Å². The van der Waals surface area contributed by atoms with E-state index in [2.05, 4.69) is 10.6 Å². The Morgan fingerprint density at radius 2 is 1.70 bits per heavy atom. The zero-order valence-electron chi connectivity index (χ0n) is 13.4. The van der Waals surface area contributed by atoms with Gasteiger partial charge < -0.3 is 10.6 Å². The highest BCUT2D eigenvalue weighted by Crippen LogP contribution is 2.20. The second-order valence-corrected chi connectivity index (χ2v) is 7.56. The van der Waals surface area contributed by atoms with Crippen LogP contribution in [0, 0.1) is 13.8 Å². The molecule has 0 heterocycles. The van der Waals surface area contributed by atoms with E-state index in [1.165, 1.54) is 12.1 Å². The molecule has 2 rings (SSSR count). The molecule has 0 saturated heterocycles. The molecule has 0 aliphatic carbocycles. The lowest BCUT2D eigenvalue weighted by atomic mass is 10.1. The Hall–Kier alpha value is -2.34. The van der Waals surface area contributed by atoms with Crippen LogP contribution in [-0.2, 0) is 16.4 Å². The van der Waals surface area contributed by atoms with Crippen LogP contribution in [0.25, 0.3) is 0 Å². The number of urea groups is 1. The topological polar surface area (TPSA) is 75.3 Å². The van der Waals surface area contributed by atoms with Crippen molar-refractivity contribution in [2.24, 2.45) is 0 Å². The van der Waals surface area contributed by atoms with Crippen LogP contribution in [0.5, 0.6) is 0 Å². The smallest absolute Gasteiger partial charge is 0.319 e. The fraction of sp³-hybridized carbons (Fsp3) is 0.235. The number of sulfone groups is 1. The monoisotopic (exact) mass is 332 g/mol. The second kappa shape index (κ2) is 6.83. The van der Waals surface area contributed by atoms with Gasteiger partial charge >= 0.3 is 6.03 Å². The number of nitrogens with one attached hydrogen (secondary N) is 2. The van der Waals surface area contributed by atoms with Gasteiger partial charge in [0.05, 0.1) is 4.90 Å². The molecule has 2 amide bonds. The van der Waals surface area contributed by atoms with Crippen LogP contribution in [0.3, 0.4) is 0 Å². The minimum absolute atomic E-state index is 0.178. The Bertz CT molecular complexity index is 812. The van der Waals surface area contributed by atoms with E-state index in [9.17, 15) is 13.2 Å². The maximum absolute atomic E-state index is 12.0. The van der Waals surface area contributed by atoms with E-state index in [0.717, 1.165) is 22.9 Å². The predicted molar refractivity (Wildman–Crippen MR) is 91.3 cm³/mol. The van der Waals surface area contributed by atoms with E-state index >= 15 is 0 Å². The van der Waals surface area contributed by atoms with Gasteiger partial charge in [0.25, 0.3) is 0 Å². The normalized spacial score (nSPS) is 11.1. The first-order valence-corrected chi connectivity index (χ1v) is 9.06. The molecule has 2 aromatic carbocycles. The number of carbonyl (C=O) groups is 1. The van der Waals surface area contributed by atoms with Crippen LogP contribution in [-0.4, -0.2) is 20.7 Å². The molecule has 6 heteroatoms. The number of anilines is 1. The Labute approximate surface area is 136 Å². The molecule has 0 spiro atoms. The third-order valence-corrected chi connectivity index (χ3v) is 4.57. The molecule has 0 atom stereocenters. The Kier molecular flexibility index (Phi) is 5.05. The van der Waals surface area contributed by atoms with Gasteiger partial charge in [0, 0.05) is 18.5 Å². The molecule has 0 aliphatic rings. The maximum atomic E-state index is 12.0. The minimum Gasteiger partial charge on any atom is -0.334 e. The highest BCUT2D eigenvalue weighted by molar-refractivity contribution is 7.90. The Morgan fingerprint density at radius 3 is 2.30 bits per heavy atom. The molecule has 122 valence electrons. The number of carbonyl (C=O) groups excluding carboxylic acids is 1. The van der Waals surface area contributed by atoms with E-state index < -0.39 is 9.84 Å². The SMILES string of the molecule is Cc1ccc(CNC(=O)Nc2cc(S(C)(=O)=O)ccc2C)cc1. The molecular formula is C17H20N2O3S. The van der Waals surface area contributed by atoms with Crippen LogP contribution in [0.2, 0.25) is 0 Å². The zero-order valence-corrected chi connectivity index (χ0v) is 14.2. The molecule has 2 N–H and O–H groups in total. The second-order valence-electron chi connectivity index (χ2n) is 5.54. The third-order valence-electron chi connectivity index (χ3n) is 3.46. The Morgan fingerprint density at radius 1 is 1.04 bits per heavy atom. The van der Waals surface area contributed by atoms with Gasteiger partial charge in [-0.15, -0.1) is 0 Å². The molecule has 23 heavy (non-hydrogen) atoms. The molecular weight excluding hydrogens is 312 g/mol. The average molecular weight is 332 g/mol. The lowest BCUT2D eigenvalue weighted by molar-refractivity contribution is 0.251. The van der Waals surface area contributed by atoms with Crippen molar-refractivity contribution in [1.82, 2.24) is 5.32 Å². The number of amides is 2. The molecule has 5 nitrogen and oxygen atoms in total. The van der Waals surface area contributed by atoms with Crippen molar-refractivity contribution in [1.29, 1.82) is 0 Å². The summed E-state index contributed by atoms with van der Waals surface area (Å²) < 4.78 is 23.2. The molecule has 0 aromatic heterocycles. The molecule has 2 aromatic rings. The van der Waals surface area contributed by atoms with Crippen LogP contribution >= 0.6 is 0 Å². The van der Waals surface area contributed by atoms with Gasteiger partial charge in [-0.1, -0.05) is 35.9 Å². The maximum Gasteiger partial charge on any atom is 0.319 e. The summed E-state index contributed by atoms with van der Waals surface area (Å²) >= 11 is 0. The summed E-state index contributed by atoms with van der Waals surface area (Å²) in [5.41, 5.74) is 3.43. The van der Waals surface area contributed by atoms with Crippen molar-refractivity contribution < 1.29 is 13.2 Å². The Balaban J connectivity index is 2.04.